The average molecular weight is 394 g/mol. The molecule has 3 unspecified atom stereocenters. The fourth-order valence-electron chi connectivity index (χ4n) is 3.69. The lowest BCUT2D eigenvalue weighted by molar-refractivity contribution is -0.179. The molecule has 0 radical (unpaired) electrons. The zero-order valence-electron chi connectivity index (χ0n) is 15.3. The van der Waals surface area contributed by atoms with Crippen molar-refractivity contribution in [1.29, 1.82) is 5.26 Å². The highest BCUT2D eigenvalue weighted by atomic mass is 16.5. The molecule has 0 aromatic rings. The molecule has 3 rings (SSSR count). The van der Waals surface area contributed by atoms with E-state index in [1.54, 1.807) is 11.9 Å². The lowest BCUT2D eigenvalue weighted by Crippen LogP contribution is -2.60. The number of piperidine rings is 1. The first kappa shape index (κ1) is 19.6. The van der Waals surface area contributed by atoms with Crippen LogP contribution in [0.2, 0.25) is 0 Å². The van der Waals surface area contributed by atoms with E-state index in [1.807, 2.05) is 6.92 Å². The van der Waals surface area contributed by atoms with Crippen molar-refractivity contribution < 1.29 is 30.0 Å². The number of aliphatic hydroxyl groups is 4. The first-order valence-electron chi connectivity index (χ1n) is 8.65. The average Bonchev–Trinajstić information content (AvgIpc) is 2.94. The summed E-state index contributed by atoms with van der Waals surface area (Å²) in [6.07, 6.45) is -0.296. The van der Waals surface area contributed by atoms with E-state index in [0.29, 0.717) is 6.42 Å². The van der Waals surface area contributed by atoms with Crippen LogP contribution in [0, 0.1) is 17.2 Å². The van der Waals surface area contributed by atoms with Crippen LogP contribution >= 0.6 is 0 Å². The van der Waals surface area contributed by atoms with Gasteiger partial charge in [0.05, 0.1) is 11.6 Å². The number of carbonyl (C=O) groups is 2. The second kappa shape index (κ2) is 6.77. The summed E-state index contributed by atoms with van der Waals surface area (Å²) in [4.78, 5) is 27.0. The van der Waals surface area contributed by atoms with E-state index in [9.17, 15) is 30.0 Å². The van der Waals surface area contributed by atoms with Crippen molar-refractivity contribution in [1.82, 2.24) is 25.8 Å². The predicted octanol–water partition coefficient (Wildman–Crippen LogP) is -1.90. The first-order valence-corrected chi connectivity index (χ1v) is 8.65. The Kier molecular flexibility index (Phi) is 4.74. The van der Waals surface area contributed by atoms with Crippen molar-refractivity contribution in [2.24, 2.45) is 5.92 Å². The molecule has 0 aromatic heterocycles. The number of nitriles is 1. The van der Waals surface area contributed by atoms with Gasteiger partial charge in [0.15, 0.2) is 5.76 Å². The van der Waals surface area contributed by atoms with Crippen LogP contribution in [0.1, 0.15) is 13.3 Å². The molecule has 152 valence electrons. The van der Waals surface area contributed by atoms with Crippen molar-refractivity contribution in [3.63, 3.8) is 0 Å². The molecule has 1 saturated heterocycles. The summed E-state index contributed by atoms with van der Waals surface area (Å²) in [7, 11) is 1.65. The van der Waals surface area contributed by atoms with Gasteiger partial charge in [0.2, 0.25) is 5.88 Å². The number of aliphatic hydroxyl groups excluding tert-OH is 2. The second-order valence-corrected chi connectivity index (χ2v) is 7.11. The van der Waals surface area contributed by atoms with Gasteiger partial charge in [-0.05, 0) is 12.3 Å². The van der Waals surface area contributed by atoms with E-state index >= 15 is 0 Å². The maximum absolute atomic E-state index is 12.2. The minimum atomic E-state index is -3.11. The van der Waals surface area contributed by atoms with Crippen molar-refractivity contribution >= 4 is 11.9 Å². The molecular formula is C16H22N6O6. The fraction of sp³-hybridized carbons (Fsp3) is 0.562. The van der Waals surface area contributed by atoms with Gasteiger partial charge in [0.25, 0.3) is 5.91 Å². The Balaban J connectivity index is 1.90. The maximum atomic E-state index is 12.2. The topological polar surface area (TPSA) is 181 Å². The van der Waals surface area contributed by atoms with Crippen LogP contribution in [-0.2, 0) is 4.79 Å². The molecule has 3 amide bonds. The third-order valence-corrected chi connectivity index (χ3v) is 5.32. The Morgan fingerprint density at radius 1 is 1.36 bits per heavy atom. The summed E-state index contributed by atoms with van der Waals surface area (Å²) >= 11 is 0. The molecule has 12 heteroatoms. The highest BCUT2D eigenvalue weighted by Gasteiger charge is 2.44. The van der Waals surface area contributed by atoms with Gasteiger partial charge >= 0.3 is 11.8 Å². The van der Waals surface area contributed by atoms with Crippen molar-refractivity contribution in [3.8, 4) is 6.07 Å². The standard InChI is InChI=1S/C16H22N6O6/c1-7-3-4-22(14(25)16(27,28)6-17)5-8(7)21(2)12-9-10(23)13(24)18-11(9)19-15(26)20-12/h7-8,11,18,23-24,27-28H,3-5H2,1-2H3,(H2,19,20,26). The van der Waals surface area contributed by atoms with E-state index in [0.717, 1.165) is 6.07 Å². The van der Waals surface area contributed by atoms with Crippen LogP contribution in [0.25, 0.3) is 0 Å². The van der Waals surface area contributed by atoms with Gasteiger partial charge in [-0.3, -0.25) is 10.1 Å². The highest BCUT2D eigenvalue weighted by molar-refractivity contribution is 5.86. The van der Waals surface area contributed by atoms with E-state index in [2.05, 4.69) is 16.0 Å². The predicted molar refractivity (Wildman–Crippen MR) is 92.6 cm³/mol. The summed E-state index contributed by atoms with van der Waals surface area (Å²) in [6.45, 7) is 2.24. The van der Waals surface area contributed by atoms with Gasteiger partial charge in [-0.1, -0.05) is 6.92 Å². The Hall–Kier alpha value is -3.17. The smallest absolute Gasteiger partial charge is 0.336 e. The van der Waals surface area contributed by atoms with Crippen LogP contribution in [0.3, 0.4) is 0 Å². The molecule has 3 aliphatic heterocycles. The van der Waals surface area contributed by atoms with Gasteiger partial charge in [0, 0.05) is 20.1 Å². The molecule has 28 heavy (non-hydrogen) atoms. The highest BCUT2D eigenvalue weighted by Crippen LogP contribution is 2.30. The zero-order chi connectivity index (χ0) is 20.8. The minimum Gasteiger partial charge on any atom is -0.503 e. The molecule has 3 atom stereocenters. The molecular weight excluding hydrogens is 372 g/mol. The molecule has 0 aliphatic carbocycles. The molecule has 3 heterocycles. The SMILES string of the molecule is CC1CCN(C(=O)C(O)(O)C#N)CC1N(C)C1=C2C(O)=C(O)NC2NC(=O)N1. The normalized spacial score (nSPS) is 27.5. The largest absolute Gasteiger partial charge is 0.503 e. The van der Waals surface area contributed by atoms with E-state index < -0.39 is 35.5 Å². The maximum Gasteiger partial charge on any atom is 0.336 e. The summed E-state index contributed by atoms with van der Waals surface area (Å²) in [5, 5.41) is 55.5. The number of likely N-dealkylation sites (N-methyl/N-ethyl adjacent to an activating group) is 1. The Morgan fingerprint density at radius 2 is 2.04 bits per heavy atom. The number of hydrogen-bond acceptors (Lipinski definition) is 9. The fourth-order valence-corrected chi connectivity index (χ4v) is 3.69. The number of carbonyl (C=O) groups excluding carboxylic acids is 2. The molecule has 0 spiro atoms. The molecule has 0 bridgehead atoms. The van der Waals surface area contributed by atoms with Gasteiger partial charge in [-0.15, -0.1) is 0 Å². The van der Waals surface area contributed by atoms with Crippen molar-refractivity contribution in [2.75, 3.05) is 20.1 Å². The third-order valence-electron chi connectivity index (χ3n) is 5.32. The minimum absolute atomic E-state index is 0.0374. The number of rotatable bonds is 3. The number of urea groups is 1. The van der Waals surface area contributed by atoms with Gasteiger partial charge in [-0.2, -0.15) is 5.26 Å². The number of nitrogens with zero attached hydrogens (tertiary/aromatic N) is 3. The summed E-state index contributed by atoms with van der Waals surface area (Å²) < 4.78 is 0. The number of nitrogens with one attached hydrogen (secondary N) is 3. The van der Waals surface area contributed by atoms with Crippen LogP contribution in [-0.4, -0.2) is 80.3 Å². The van der Waals surface area contributed by atoms with Gasteiger partial charge < -0.3 is 40.9 Å². The molecule has 1 fully saturated rings. The number of hydrogen-bond donors (Lipinski definition) is 7. The van der Waals surface area contributed by atoms with Crippen LogP contribution < -0.4 is 16.0 Å². The molecule has 0 saturated carbocycles. The molecule has 0 aromatic carbocycles. The zero-order valence-corrected chi connectivity index (χ0v) is 15.3. The van der Waals surface area contributed by atoms with Crippen LogP contribution in [0.4, 0.5) is 4.79 Å². The van der Waals surface area contributed by atoms with E-state index in [4.69, 9.17) is 5.26 Å². The first-order chi connectivity index (χ1) is 13.1. The molecule has 3 aliphatic rings. The molecule has 7 N–H and O–H groups in total. The van der Waals surface area contributed by atoms with Crippen LogP contribution in [0.5, 0.6) is 0 Å². The monoisotopic (exact) mass is 394 g/mol. The van der Waals surface area contributed by atoms with Crippen molar-refractivity contribution in [3.05, 3.63) is 23.0 Å². The van der Waals surface area contributed by atoms with Crippen LogP contribution in [0.15, 0.2) is 23.0 Å². The Labute approximate surface area is 160 Å². The lowest BCUT2D eigenvalue weighted by atomic mass is 9.91. The number of amides is 3. The lowest BCUT2D eigenvalue weighted by Gasteiger charge is -2.44. The second-order valence-electron chi connectivity index (χ2n) is 7.11. The van der Waals surface area contributed by atoms with E-state index in [1.165, 1.54) is 4.90 Å². The van der Waals surface area contributed by atoms with E-state index in [-0.39, 0.29) is 36.4 Å². The Bertz CT molecular complexity index is 815. The Morgan fingerprint density at radius 3 is 2.68 bits per heavy atom. The summed E-state index contributed by atoms with van der Waals surface area (Å²) in [5.74, 6) is -4.83. The third kappa shape index (κ3) is 3.14. The van der Waals surface area contributed by atoms with Gasteiger partial charge in [-0.25, -0.2) is 4.79 Å². The summed E-state index contributed by atoms with van der Waals surface area (Å²) in [5.41, 5.74) is 0.242. The van der Waals surface area contributed by atoms with Crippen molar-refractivity contribution in [2.45, 2.75) is 31.3 Å². The number of likely N-dealkylation sites (tertiary alicyclic amines) is 1. The number of fused-ring (bicyclic) bond motifs is 1. The van der Waals surface area contributed by atoms with Gasteiger partial charge in [0.1, 0.15) is 18.1 Å². The quantitative estimate of drug-likeness (QED) is 0.212. The molecule has 12 nitrogen and oxygen atoms in total. The summed E-state index contributed by atoms with van der Waals surface area (Å²) in [6, 6.07) is 0.244.